The van der Waals surface area contributed by atoms with Crippen LogP contribution in [0.5, 0.6) is 0 Å². The molecule has 0 saturated carbocycles. The first-order valence-electron chi connectivity index (χ1n) is 3.65. The highest BCUT2D eigenvalue weighted by molar-refractivity contribution is 6.17. The van der Waals surface area contributed by atoms with Gasteiger partial charge in [-0.15, -0.1) is 11.6 Å². The van der Waals surface area contributed by atoms with Crippen LogP contribution in [0.2, 0.25) is 0 Å². The maximum Gasteiger partial charge on any atom is 0.101 e. The van der Waals surface area contributed by atoms with Crippen molar-refractivity contribution in [3.05, 3.63) is 35.6 Å². The van der Waals surface area contributed by atoms with Gasteiger partial charge in [-0.1, -0.05) is 24.3 Å². The van der Waals surface area contributed by atoms with E-state index in [0.29, 0.717) is 18.1 Å². The van der Waals surface area contributed by atoms with Gasteiger partial charge in [0.25, 0.3) is 0 Å². The van der Waals surface area contributed by atoms with Crippen molar-refractivity contribution in [2.24, 2.45) is 0 Å². The van der Waals surface area contributed by atoms with Gasteiger partial charge in [-0.3, -0.25) is 0 Å². The maximum absolute atomic E-state index is 9.37. The fourth-order valence-corrected chi connectivity index (χ4v) is 1.13. The van der Waals surface area contributed by atoms with E-state index in [1.54, 1.807) is 0 Å². The standard InChI is InChI=1S/C9H11ClO/c10-7-6-9(11)8-4-2-1-3-5-8/h2-5,11H,1,6-7H2. The number of allylic oxidation sites excluding steroid dienone is 6. The minimum absolute atomic E-state index is 0.382. The molecule has 0 heterocycles. The monoisotopic (exact) mass is 170 g/mol. The molecule has 1 N–H and O–H groups in total. The van der Waals surface area contributed by atoms with Gasteiger partial charge in [-0.25, -0.2) is 0 Å². The molecule has 0 aromatic heterocycles. The Morgan fingerprint density at radius 1 is 1.45 bits per heavy atom. The molecule has 0 saturated heterocycles. The average molecular weight is 171 g/mol. The molecule has 0 bridgehead atoms. The van der Waals surface area contributed by atoms with Gasteiger partial charge in [0.2, 0.25) is 0 Å². The van der Waals surface area contributed by atoms with Crippen LogP contribution < -0.4 is 0 Å². The predicted octanol–water partition coefficient (Wildman–Crippen LogP) is 2.94. The van der Waals surface area contributed by atoms with E-state index in [9.17, 15) is 5.11 Å². The molecule has 0 aromatic rings. The van der Waals surface area contributed by atoms with E-state index >= 15 is 0 Å². The van der Waals surface area contributed by atoms with E-state index in [-0.39, 0.29) is 0 Å². The van der Waals surface area contributed by atoms with Gasteiger partial charge in [0.05, 0.1) is 0 Å². The van der Waals surface area contributed by atoms with Crippen LogP contribution in [0, 0.1) is 0 Å². The summed E-state index contributed by atoms with van der Waals surface area (Å²) in [7, 11) is 0. The van der Waals surface area contributed by atoms with E-state index in [0.717, 1.165) is 12.0 Å². The van der Waals surface area contributed by atoms with E-state index in [1.165, 1.54) is 0 Å². The number of alkyl halides is 1. The topological polar surface area (TPSA) is 20.2 Å². The molecular formula is C9H11ClO. The van der Waals surface area contributed by atoms with E-state index in [2.05, 4.69) is 0 Å². The fraction of sp³-hybridized carbons (Fsp3) is 0.333. The molecule has 0 amide bonds. The molecule has 0 spiro atoms. The summed E-state index contributed by atoms with van der Waals surface area (Å²) in [4.78, 5) is 0. The number of hydrogen-bond acceptors (Lipinski definition) is 1. The van der Waals surface area contributed by atoms with Crippen LogP contribution in [0.25, 0.3) is 0 Å². The summed E-state index contributed by atoms with van der Waals surface area (Å²) in [5.74, 6) is 0.851. The summed E-state index contributed by atoms with van der Waals surface area (Å²) >= 11 is 5.47. The summed E-state index contributed by atoms with van der Waals surface area (Å²) in [6.07, 6.45) is 9.37. The molecule has 1 rings (SSSR count). The Morgan fingerprint density at radius 2 is 2.09 bits per heavy atom. The third-order valence-corrected chi connectivity index (χ3v) is 1.72. The first kappa shape index (κ1) is 8.41. The minimum atomic E-state index is 0.382. The second-order valence-corrected chi connectivity index (χ2v) is 2.76. The number of aliphatic hydroxyl groups excluding tert-OH is 1. The van der Waals surface area contributed by atoms with Crippen LogP contribution in [-0.2, 0) is 0 Å². The first-order chi connectivity index (χ1) is 5.34. The van der Waals surface area contributed by atoms with Gasteiger partial charge < -0.3 is 5.11 Å². The third-order valence-electron chi connectivity index (χ3n) is 1.53. The van der Waals surface area contributed by atoms with Gasteiger partial charge in [0.15, 0.2) is 0 Å². The van der Waals surface area contributed by atoms with Crippen molar-refractivity contribution in [1.82, 2.24) is 0 Å². The molecule has 0 fully saturated rings. The Labute approximate surface area is 71.7 Å². The lowest BCUT2D eigenvalue weighted by Gasteiger charge is -2.03. The molecule has 0 aromatic carbocycles. The van der Waals surface area contributed by atoms with Crippen LogP contribution in [-0.4, -0.2) is 11.0 Å². The van der Waals surface area contributed by atoms with Gasteiger partial charge in [0.1, 0.15) is 5.76 Å². The zero-order chi connectivity index (χ0) is 8.10. The van der Waals surface area contributed by atoms with Crippen LogP contribution in [0.4, 0.5) is 0 Å². The van der Waals surface area contributed by atoms with Gasteiger partial charge in [0, 0.05) is 17.9 Å². The van der Waals surface area contributed by atoms with Crippen LogP contribution >= 0.6 is 11.6 Å². The van der Waals surface area contributed by atoms with Crippen molar-refractivity contribution in [2.75, 3.05) is 5.88 Å². The van der Waals surface area contributed by atoms with Crippen molar-refractivity contribution in [1.29, 1.82) is 0 Å². The van der Waals surface area contributed by atoms with Gasteiger partial charge in [-0.05, 0) is 6.42 Å². The molecule has 1 nitrogen and oxygen atoms in total. The summed E-state index contributed by atoms with van der Waals surface area (Å²) in [6, 6.07) is 0. The minimum Gasteiger partial charge on any atom is -0.512 e. The molecule has 0 radical (unpaired) electrons. The number of rotatable bonds is 2. The molecule has 2 heteroatoms. The summed E-state index contributed by atoms with van der Waals surface area (Å²) in [5, 5.41) is 9.37. The highest BCUT2D eigenvalue weighted by atomic mass is 35.5. The molecule has 60 valence electrons. The number of hydrogen-bond donors (Lipinski definition) is 1. The average Bonchev–Trinajstić information content (AvgIpc) is 2.07. The molecule has 11 heavy (non-hydrogen) atoms. The first-order valence-corrected chi connectivity index (χ1v) is 4.19. The molecule has 0 aliphatic heterocycles. The normalized spacial score (nSPS) is 15.5. The quantitative estimate of drug-likeness (QED) is 0.499. The summed E-state index contributed by atoms with van der Waals surface area (Å²) in [6.45, 7) is 0. The van der Waals surface area contributed by atoms with Gasteiger partial charge >= 0.3 is 0 Å². The number of halogens is 1. The van der Waals surface area contributed by atoms with Crippen molar-refractivity contribution in [2.45, 2.75) is 12.8 Å². The molecule has 1 aliphatic rings. The lowest BCUT2D eigenvalue weighted by molar-refractivity contribution is 0.392. The van der Waals surface area contributed by atoms with Crippen molar-refractivity contribution < 1.29 is 5.11 Å². The summed E-state index contributed by atoms with van der Waals surface area (Å²) in [5.41, 5.74) is 0.886. The lowest BCUT2D eigenvalue weighted by atomic mass is 10.1. The largest absolute Gasteiger partial charge is 0.512 e. The SMILES string of the molecule is OC(CCCl)=C1C=CCC=C1. The van der Waals surface area contributed by atoms with Crippen molar-refractivity contribution in [3.8, 4) is 0 Å². The maximum atomic E-state index is 9.37. The van der Waals surface area contributed by atoms with Crippen LogP contribution in [0.1, 0.15) is 12.8 Å². The Kier molecular flexibility index (Phi) is 3.24. The second-order valence-electron chi connectivity index (χ2n) is 2.38. The molecule has 0 unspecified atom stereocenters. The van der Waals surface area contributed by atoms with E-state index < -0.39 is 0 Å². The smallest absolute Gasteiger partial charge is 0.101 e. The third kappa shape index (κ3) is 2.43. The number of aliphatic hydroxyl groups is 1. The molecule has 1 aliphatic carbocycles. The van der Waals surface area contributed by atoms with Gasteiger partial charge in [-0.2, -0.15) is 0 Å². The Morgan fingerprint density at radius 3 is 2.64 bits per heavy atom. The Balaban J connectivity index is 2.68. The lowest BCUT2D eigenvalue weighted by Crippen LogP contribution is -1.89. The molecular weight excluding hydrogens is 160 g/mol. The Hall–Kier alpha value is -0.690. The van der Waals surface area contributed by atoms with Crippen LogP contribution in [0.15, 0.2) is 35.6 Å². The predicted molar refractivity (Wildman–Crippen MR) is 47.9 cm³/mol. The van der Waals surface area contributed by atoms with Crippen molar-refractivity contribution >= 4 is 11.6 Å². The van der Waals surface area contributed by atoms with E-state index in [1.807, 2.05) is 24.3 Å². The second kappa shape index (κ2) is 4.24. The zero-order valence-electron chi connectivity index (χ0n) is 6.26. The highest BCUT2D eigenvalue weighted by Crippen LogP contribution is 2.14. The van der Waals surface area contributed by atoms with Crippen LogP contribution in [0.3, 0.4) is 0 Å². The highest BCUT2D eigenvalue weighted by Gasteiger charge is 1.99. The zero-order valence-corrected chi connectivity index (χ0v) is 7.01. The van der Waals surface area contributed by atoms with Crippen molar-refractivity contribution in [3.63, 3.8) is 0 Å². The Bertz CT molecular complexity index is 200. The van der Waals surface area contributed by atoms with E-state index in [4.69, 9.17) is 11.6 Å². The summed E-state index contributed by atoms with van der Waals surface area (Å²) < 4.78 is 0. The molecule has 0 atom stereocenters. The fourth-order valence-electron chi connectivity index (χ4n) is 0.950.